The molecule has 15 heteroatoms. The fourth-order valence-electron chi connectivity index (χ4n) is 7.65. The molecule has 1 atom stereocenters. The molecule has 4 aliphatic rings. The Morgan fingerprint density at radius 1 is 1.02 bits per heavy atom. The van der Waals surface area contributed by atoms with Crippen LogP contribution in [0.5, 0.6) is 5.75 Å². The molecule has 3 saturated heterocycles. The van der Waals surface area contributed by atoms with Gasteiger partial charge in [-0.05, 0) is 99.6 Å². The van der Waals surface area contributed by atoms with Crippen LogP contribution in [0, 0.1) is 11.8 Å². The highest BCUT2D eigenvalue weighted by atomic mass is 35.5. The summed E-state index contributed by atoms with van der Waals surface area (Å²) in [6, 6.07) is 2.13. The third-order valence-corrected chi connectivity index (χ3v) is 11.7. The van der Waals surface area contributed by atoms with E-state index in [0.717, 1.165) is 55.4 Å². The molecule has 0 unspecified atom stereocenters. The van der Waals surface area contributed by atoms with E-state index in [-0.39, 0.29) is 30.0 Å². The van der Waals surface area contributed by atoms with Crippen molar-refractivity contribution in [2.75, 3.05) is 51.6 Å². The number of hydrogen-bond donors (Lipinski definition) is 3. The number of likely N-dealkylation sites (tertiary alicyclic amines) is 3. The molecule has 0 spiro atoms. The van der Waals surface area contributed by atoms with Crippen molar-refractivity contribution in [3.05, 3.63) is 45.3 Å². The van der Waals surface area contributed by atoms with Crippen molar-refractivity contribution in [1.82, 2.24) is 24.9 Å². The van der Waals surface area contributed by atoms with Crippen LogP contribution in [0.1, 0.15) is 55.2 Å². The number of thiophene rings is 1. The van der Waals surface area contributed by atoms with Gasteiger partial charge in [-0.15, -0.1) is 11.3 Å². The van der Waals surface area contributed by atoms with Crippen LogP contribution < -0.4 is 10.6 Å². The number of anilines is 1. The highest BCUT2D eigenvalue weighted by Crippen LogP contribution is 2.41. The van der Waals surface area contributed by atoms with Crippen LogP contribution in [-0.4, -0.2) is 101 Å². The molecule has 0 aliphatic carbocycles. The monoisotopic (exact) mass is 710 g/mol. The topological polar surface area (TPSA) is 108 Å². The number of piperidine rings is 3. The summed E-state index contributed by atoms with van der Waals surface area (Å²) in [5.74, 6) is -0.304. The Labute approximate surface area is 287 Å². The van der Waals surface area contributed by atoms with Crippen molar-refractivity contribution < 1.29 is 32.7 Å². The number of urea groups is 2. The van der Waals surface area contributed by atoms with E-state index >= 15 is 0 Å². The minimum absolute atomic E-state index is 0.0645. The zero-order valence-corrected chi connectivity index (χ0v) is 28.5. The van der Waals surface area contributed by atoms with E-state index in [9.17, 15) is 32.7 Å². The zero-order valence-electron chi connectivity index (χ0n) is 26.9. The van der Waals surface area contributed by atoms with Crippen molar-refractivity contribution >= 4 is 45.9 Å². The predicted octanol–water partition coefficient (Wildman–Crippen LogP) is 5.84. The lowest BCUT2D eigenvalue weighted by Gasteiger charge is -2.41. The van der Waals surface area contributed by atoms with Gasteiger partial charge in [0.05, 0.1) is 17.1 Å². The highest BCUT2D eigenvalue weighted by molar-refractivity contribution is 7.14. The second-order valence-electron chi connectivity index (χ2n) is 13.5. The van der Waals surface area contributed by atoms with Gasteiger partial charge in [0.2, 0.25) is 5.91 Å². The summed E-state index contributed by atoms with van der Waals surface area (Å²) in [5.41, 5.74) is -0.160. The molecule has 48 heavy (non-hydrogen) atoms. The molecule has 262 valence electrons. The number of benzene rings is 1. The third-order valence-electron chi connectivity index (χ3n) is 10.5. The second kappa shape index (κ2) is 14.3. The minimum Gasteiger partial charge on any atom is -0.506 e. The zero-order chi connectivity index (χ0) is 34.2. The highest BCUT2D eigenvalue weighted by Gasteiger charge is 2.38. The number of carbonyl (C=O) groups excluding carboxylic acids is 3. The first-order valence-electron chi connectivity index (χ1n) is 16.6. The average molecular weight is 711 g/mol. The summed E-state index contributed by atoms with van der Waals surface area (Å²) in [5, 5.41) is 18.1. The molecule has 3 N–H and O–H groups in total. The van der Waals surface area contributed by atoms with Crippen LogP contribution in [0.3, 0.4) is 0 Å². The summed E-state index contributed by atoms with van der Waals surface area (Å²) < 4.78 is 41.1. The Bertz CT molecular complexity index is 1500. The Balaban J connectivity index is 1.13. The van der Waals surface area contributed by atoms with Gasteiger partial charge in [0, 0.05) is 44.2 Å². The minimum atomic E-state index is -4.86. The normalized spacial score (nSPS) is 21.2. The number of rotatable bonds is 6. The molecule has 5 heterocycles. The summed E-state index contributed by atoms with van der Waals surface area (Å²) >= 11 is 7.48. The van der Waals surface area contributed by atoms with Gasteiger partial charge in [-0.1, -0.05) is 11.6 Å². The quantitative estimate of drug-likeness (QED) is 0.349. The predicted molar refractivity (Wildman–Crippen MR) is 177 cm³/mol. The van der Waals surface area contributed by atoms with Gasteiger partial charge in [-0.3, -0.25) is 10.1 Å². The molecule has 3 fully saturated rings. The lowest BCUT2D eigenvalue weighted by molar-refractivity contribution is -0.138. The Kier molecular flexibility index (Phi) is 10.3. The fourth-order valence-corrected chi connectivity index (χ4v) is 8.69. The van der Waals surface area contributed by atoms with Gasteiger partial charge in [-0.2, -0.15) is 13.2 Å². The van der Waals surface area contributed by atoms with E-state index in [1.54, 1.807) is 14.7 Å². The molecule has 5 amide bonds. The molecular formula is C33H42ClF3N6O4S. The fraction of sp³-hybridized carbons (Fsp3) is 0.606. The molecule has 0 bridgehead atoms. The lowest BCUT2D eigenvalue weighted by Crippen LogP contribution is -2.57. The van der Waals surface area contributed by atoms with Gasteiger partial charge in [0.1, 0.15) is 16.8 Å². The van der Waals surface area contributed by atoms with Crippen molar-refractivity contribution in [2.24, 2.45) is 11.8 Å². The number of amides is 5. The number of nitrogens with one attached hydrogen (secondary N) is 2. The van der Waals surface area contributed by atoms with Crippen LogP contribution in [0.25, 0.3) is 0 Å². The summed E-state index contributed by atoms with van der Waals surface area (Å²) in [4.78, 5) is 47.8. The first-order chi connectivity index (χ1) is 22.9. The lowest BCUT2D eigenvalue weighted by atomic mass is 9.79. The smallest absolute Gasteiger partial charge is 0.420 e. The van der Waals surface area contributed by atoms with Gasteiger partial charge >= 0.3 is 18.2 Å². The summed E-state index contributed by atoms with van der Waals surface area (Å²) in [6.07, 6.45) is -0.0458. The van der Waals surface area contributed by atoms with Crippen molar-refractivity contribution in [1.29, 1.82) is 0 Å². The maximum atomic E-state index is 14.0. The number of nitrogens with zero attached hydrogens (tertiary/aromatic N) is 4. The van der Waals surface area contributed by atoms with Crippen molar-refractivity contribution in [3.8, 4) is 5.75 Å². The van der Waals surface area contributed by atoms with Gasteiger partial charge in [-0.25, -0.2) is 9.59 Å². The van der Waals surface area contributed by atoms with E-state index < -0.39 is 34.6 Å². The van der Waals surface area contributed by atoms with Gasteiger partial charge in [0.25, 0.3) is 0 Å². The van der Waals surface area contributed by atoms with Crippen molar-refractivity contribution in [3.63, 3.8) is 0 Å². The average Bonchev–Trinajstić information content (AvgIpc) is 3.52. The maximum absolute atomic E-state index is 14.0. The maximum Gasteiger partial charge on any atom is 0.420 e. The molecule has 6 rings (SSSR count). The van der Waals surface area contributed by atoms with Crippen LogP contribution >= 0.6 is 22.9 Å². The number of carbonyl (C=O) groups is 3. The van der Waals surface area contributed by atoms with Crippen LogP contribution in [0.2, 0.25) is 5.02 Å². The molecular weight excluding hydrogens is 669 g/mol. The molecule has 0 radical (unpaired) electrons. The van der Waals surface area contributed by atoms with Crippen molar-refractivity contribution in [2.45, 2.75) is 69.8 Å². The Morgan fingerprint density at radius 2 is 1.65 bits per heavy atom. The molecule has 1 aromatic heterocycles. The Hall–Kier alpha value is -3.23. The van der Waals surface area contributed by atoms with Crippen LogP contribution in [0.15, 0.2) is 23.6 Å². The standard InChI is InChI=1S/C33H42ClF3N6O4S/c1-40-9-2-21(3-10-40)22-4-11-41(12-5-22)30(45)27(18-20-16-25(33(35,36)37)28(44)26(34)17-20)38-31(46)42-13-6-24(7-14-42)43-19-23-8-15-48-29(23)39-32(43)47/h8,15-17,21-22,24,27,44H,2-7,9-14,18-19H2,1H3,(H,38,46)(H,39,47)/t27-/m1/s1. The van der Waals surface area contributed by atoms with E-state index in [1.807, 2.05) is 11.4 Å². The molecule has 2 aromatic rings. The molecule has 10 nitrogen and oxygen atoms in total. The van der Waals surface area contributed by atoms with Crippen LogP contribution in [0.4, 0.5) is 27.8 Å². The number of fused-ring (bicyclic) bond motifs is 1. The van der Waals surface area contributed by atoms with Gasteiger partial charge in [0.15, 0.2) is 0 Å². The third kappa shape index (κ3) is 7.65. The van der Waals surface area contributed by atoms with Gasteiger partial charge < -0.3 is 30.0 Å². The SMILES string of the molecule is CN1CCC(C2CCN(C(=O)[C@@H](Cc3cc(Cl)c(O)c(C(F)(F)F)c3)NC(=O)N3CCC(N4Cc5ccsc5NC4=O)CC3)CC2)CC1. The number of phenols is 1. The van der Waals surface area contributed by atoms with E-state index in [1.165, 1.54) is 17.4 Å². The Morgan fingerprint density at radius 3 is 2.29 bits per heavy atom. The van der Waals surface area contributed by atoms with E-state index in [2.05, 4.69) is 22.6 Å². The largest absolute Gasteiger partial charge is 0.506 e. The first kappa shape index (κ1) is 34.6. The molecule has 0 saturated carbocycles. The second-order valence-corrected chi connectivity index (χ2v) is 14.9. The first-order valence-corrected chi connectivity index (χ1v) is 17.9. The molecule has 4 aliphatic heterocycles. The number of halogens is 4. The van der Waals surface area contributed by atoms with E-state index in [0.29, 0.717) is 57.4 Å². The summed E-state index contributed by atoms with van der Waals surface area (Å²) in [6.45, 7) is 4.35. The number of alkyl halides is 3. The number of hydrogen-bond acceptors (Lipinski definition) is 6. The number of phenolic OH excluding ortho intramolecular Hbond substituents is 1. The molecule has 1 aromatic carbocycles. The van der Waals surface area contributed by atoms with E-state index in [4.69, 9.17) is 11.6 Å². The number of aromatic hydroxyl groups is 1. The summed E-state index contributed by atoms with van der Waals surface area (Å²) in [7, 11) is 2.12. The van der Waals surface area contributed by atoms with Crippen LogP contribution in [-0.2, 0) is 23.9 Å².